The van der Waals surface area contributed by atoms with E-state index in [1.54, 1.807) is 0 Å². The summed E-state index contributed by atoms with van der Waals surface area (Å²) in [4.78, 5) is 0. The predicted octanol–water partition coefficient (Wildman–Crippen LogP) is 6.20. The standard InChI is InChI=1S/C19H16S/c1-3-8-14(9-4-2)15-11-7-12-17-16-10-5-6-13-18(16)20-19(15)17/h3-13H,1H2,2H3/b9-4-,14-8+. The smallest absolute Gasteiger partial charge is 0.0433 e. The number of benzene rings is 2. The second-order valence-electron chi connectivity index (χ2n) is 4.64. The summed E-state index contributed by atoms with van der Waals surface area (Å²) in [5.74, 6) is 0. The third-order valence-electron chi connectivity index (χ3n) is 3.36. The summed E-state index contributed by atoms with van der Waals surface area (Å²) < 4.78 is 2.69. The van der Waals surface area contributed by atoms with Gasteiger partial charge in [-0.2, -0.15) is 0 Å². The van der Waals surface area contributed by atoms with E-state index in [9.17, 15) is 0 Å². The molecule has 1 heterocycles. The molecule has 0 nitrogen and oxygen atoms in total. The molecule has 98 valence electrons. The van der Waals surface area contributed by atoms with E-state index in [-0.39, 0.29) is 0 Å². The molecule has 0 spiro atoms. The topological polar surface area (TPSA) is 0 Å². The van der Waals surface area contributed by atoms with E-state index in [1.807, 2.05) is 24.3 Å². The summed E-state index contributed by atoms with van der Waals surface area (Å²) >= 11 is 1.86. The van der Waals surface area contributed by atoms with E-state index < -0.39 is 0 Å². The zero-order valence-corrected chi connectivity index (χ0v) is 12.3. The monoisotopic (exact) mass is 276 g/mol. The van der Waals surface area contributed by atoms with Crippen LogP contribution in [-0.4, -0.2) is 0 Å². The first kappa shape index (κ1) is 12.9. The summed E-state index contributed by atoms with van der Waals surface area (Å²) in [7, 11) is 0. The minimum Gasteiger partial charge on any atom is -0.135 e. The fourth-order valence-electron chi connectivity index (χ4n) is 2.52. The molecule has 0 radical (unpaired) electrons. The minimum absolute atomic E-state index is 1.21. The van der Waals surface area contributed by atoms with Crippen LogP contribution in [0.3, 0.4) is 0 Å². The molecule has 0 aliphatic rings. The van der Waals surface area contributed by atoms with E-state index >= 15 is 0 Å². The molecule has 3 rings (SSSR count). The van der Waals surface area contributed by atoms with Gasteiger partial charge >= 0.3 is 0 Å². The van der Waals surface area contributed by atoms with Gasteiger partial charge in [-0.15, -0.1) is 11.3 Å². The van der Waals surface area contributed by atoms with Crippen molar-refractivity contribution in [3.8, 4) is 0 Å². The number of allylic oxidation sites excluding steroid dienone is 5. The average Bonchev–Trinajstić information content (AvgIpc) is 2.85. The summed E-state index contributed by atoms with van der Waals surface area (Å²) in [6, 6.07) is 15.1. The summed E-state index contributed by atoms with van der Waals surface area (Å²) in [6.07, 6.45) is 8.13. The van der Waals surface area contributed by atoms with Crippen LogP contribution in [-0.2, 0) is 0 Å². The Morgan fingerprint density at radius 3 is 2.65 bits per heavy atom. The van der Waals surface area contributed by atoms with Gasteiger partial charge in [0.2, 0.25) is 0 Å². The molecule has 0 bridgehead atoms. The van der Waals surface area contributed by atoms with Crippen LogP contribution in [0.2, 0.25) is 0 Å². The average molecular weight is 276 g/mol. The van der Waals surface area contributed by atoms with Gasteiger partial charge in [0.05, 0.1) is 0 Å². The Morgan fingerprint density at radius 1 is 1.05 bits per heavy atom. The van der Waals surface area contributed by atoms with Crippen molar-refractivity contribution in [2.45, 2.75) is 6.92 Å². The molecule has 0 fully saturated rings. The Bertz CT molecular complexity index is 831. The quantitative estimate of drug-likeness (QED) is 0.499. The molecule has 0 aliphatic carbocycles. The molecule has 0 aliphatic heterocycles. The molecule has 20 heavy (non-hydrogen) atoms. The third kappa shape index (κ3) is 2.10. The first-order valence-corrected chi connectivity index (χ1v) is 7.53. The van der Waals surface area contributed by atoms with Gasteiger partial charge in [0.1, 0.15) is 0 Å². The molecule has 0 saturated carbocycles. The number of thiophene rings is 1. The number of hydrogen-bond donors (Lipinski definition) is 0. The maximum atomic E-state index is 3.82. The number of fused-ring (bicyclic) bond motifs is 3. The van der Waals surface area contributed by atoms with Crippen molar-refractivity contribution in [3.63, 3.8) is 0 Å². The Balaban J connectivity index is 2.36. The van der Waals surface area contributed by atoms with Gasteiger partial charge < -0.3 is 0 Å². The lowest BCUT2D eigenvalue weighted by atomic mass is 10.0. The van der Waals surface area contributed by atoms with E-state index in [0.717, 1.165) is 0 Å². The normalized spacial score (nSPS) is 12.6. The van der Waals surface area contributed by atoms with Crippen LogP contribution in [0.15, 0.2) is 73.3 Å². The second kappa shape index (κ2) is 5.48. The molecule has 0 unspecified atom stereocenters. The van der Waals surface area contributed by atoms with Crippen LogP contribution in [0, 0.1) is 0 Å². The first-order valence-electron chi connectivity index (χ1n) is 6.71. The van der Waals surface area contributed by atoms with Gasteiger partial charge in [-0.3, -0.25) is 0 Å². The second-order valence-corrected chi connectivity index (χ2v) is 5.69. The number of hydrogen-bond acceptors (Lipinski definition) is 1. The highest BCUT2D eigenvalue weighted by Gasteiger charge is 2.09. The number of rotatable bonds is 3. The molecule has 0 amide bonds. The lowest BCUT2D eigenvalue weighted by molar-refractivity contribution is 1.69. The molecule has 0 saturated heterocycles. The highest BCUT2D eigenvalue weighted by molar-refractivity contribution is 7.26. The molecule has 3 aromatic rings. The van der Waals surface area contributed by atoms with Gasteiger partial charge in [-0.05, 0) is 24.1 Å². The van der Waals surface area contributed by atoms with Crippen molar-refractivity contribution in [2.75, 3.05) is 0 Å². The van der Waals surface area contributed by atoms with Gasteiger partial charge in [0.25, 0.3) is 0 Å². The Morgan fingerprint density at radius 2 is 1.85 bits per heavy atom. The van der Waals surface area contributed by atoms with E-state index in [1.165, 1.54) is 31.3 Å². The molecule has 2 aromatic carbocycles. The molecule has 1 heteroatoms. The van der Waals surface area contributed by atoms with Crippen LogP contribution in [0.1, 0.15) is 12.5 Å². The third-order valence-corrected chi connectivity index (χ3v) is 4.58. The van der Waals surface area contributed by atoms with Crippen molar-refractivity contribution in [3.05, 3.63) is 78.9 Å². The lowest BCUT2D eigenvalue weighted by Gasteiger charge is -2.04. The minimum atomic E-state index is 1.21. The zero-order chi connectivity index (χ0) is 13.9. The highest BCUT2D eigenvalue weighted by Crippen LogP contribution is 2.38. The van der Waals surface area contributed by atoms with E-state index in [0.29, 0.717) is 0 Å². The zero-order valence-electron chi connectivity index (χ0n) is 11.5. The first-order chi connectivity index (χ1) is 9.85. The maximum Gasteiger partial charge on any atom is 0.0433 e. The summed E-state index contributed by atoms with van der Waals surface area (Å²) in [6.45, 7) is 5.87. The van der Waals surface area contributed by atoms with Gasteiger partial charge in [-0.1, -0.05) is 67.3 Å². The van der Waals surface area contributed by atoms with Crippen LogP contribution >= 0.6 is 11.3 Å². The van der Waals surface area contributed by atoms with E-state index in [4.69, 9.17) is 0 Å². The van der Waals surface area contributed by atoms with Crippen LogP contribution in [0.4, 0.5) is 0 Å². The van der Waals surface area contributed by atoms with Gasteiger partial charge in [0.15, 0.2) is 0 Å². The Kier molecular flexibility index (Phi) is 3.53. The highest BCUT2D eigenvalue weighted by atomic mass is 32.1. The van der Waals surface area contributed by atoms with Crippen molar-refractivity contribution in [1.82, 2.24) is 0 Å². The van der Waals surface area contributed by atoms with Crippen molar-refractivity contribution < 1.29 is 0 Å². The molecule has 0 atom stereocenters. The summed E-state index contributed by atoms with van der Waals surface area (Å²) in [5, 5.41) is 2.68. The van der Waals surface area contributed by atoms with Crippen LogP contribution in [0.5, 0.6) is 0 Å². The van der Waals surface area contributed by atoms with Crippen molar-refractivity contribution in [2.24, 2.45) is 0 Å². The fraction of sp³-hybridized carbons (Fsp3) is 0.0526. The van der Waals surface area contributed by atoms with Gasteiger partial charge in [-0.25, -0.2) is 0 Å². The SMILES string of the molecule is C=C/C=C(\C=C/C)c1cccc2c1sc1ccccc12. The van der Waals surface area contributed by atoms with Gasteiger partial charge in [0, 0.05) is 20.2 Å². The molecule has 0 N–H and O–H groups in total. The Labute approximate surface area is 123 Å². The summed E-state index contributed by atoms with van der Waals surface area (Å²) in [5.41, 5.74) is 2.49. The Hall–Kier alpha value is -2.12. The van der Waals surface area contributed by atoms with Crippen LogP contribution < -0.4 is 0 Å². The molecular weight excluding hydrogens is 260 g/mol. The fourth-order valence-corrected chi connectivity index (χ4v) is 3.75. The lowest BCUT2D eigenvalue weighted by Crippen LogP contribution is -1.80. The van der Waals surface area contributed by atoms with E-state index in [2.05, 4.69) is 67.3 Å². The predicted molar refractivity (Wildman–Crippen MR) is 92.3 cm³/mol. The largest absolute Gasteiger partial charge is 0.135 e. The van der Waals surface area contributed by atoms with Crippen molar-refractivity contribution >= 4 is 37.1 Å². The molecule has 1 aromatic heterocycles. The molecular formula is C19H16S. The van der Waals surface area contributed by atoms with Crippen molar-refractivity contribution in [1.29, 1.82) is 0 Å². The maximum absolute atomic E-state index is 3.82. The van der Waals surface area contributed by atoms with Crippen LogP contribution in [0.25, 0.3) is 25.7 Å².